The van der Waals surface area contributed by atoms with E-state index in [0.717, 1.165) is 180 Å². The van der Waals surface area contributed by atoms with Gasteiger partial charge in [0.2, 0.25) is 0 Å². The van der Waals surface area contributed by atoms with Crippen LogP contribution in [0.25, 0.3) is 0 Å². The molecule has 0 aromatic heterocycles. The molecule has 0 rings (SSSR count). The fourth-order valence-corrected chi connectivity index (χ4v) is 8.76. The Morgan fingerprint density at radius 2 is 0.470 bits per heavy atom. The molecule has 0 saturated carbocycles. The Bertz CT molecular complexity index is 1890. The summed E-state index contributed by atoms with van der Waals surface area (Å²) in [4.78, 5) is 38.0. The van der Waals surface area contributed by atoms with E-state index in [9.17, 15) is 14.4 Å². The number of hydrogen-bond donors (Lipinski definition) is 0. The number of esters is 3. The molecule has 0 aliphatic carbocycles. The highest BCUT2D eigenvalue weighted by Crippen LogP contribution is 2.15. The zero-order valence-corrected chi connectivity index (χ0v) is 53.4. The van der Waals surface area contributed by atoms with Crippen LogP contribution in [-0.2, 0) is 28.6 Å². The molecule has 6 heteroatoms. The first-order valence-electron chi connectivity index (χ1n) is 33.6. The molecule has 1 atom stereocenters. The first-order chi connectivity index (χ1) is 41.0. The van der Waals surface area contributed by atoms with E-state index in [2.05, 4.69) is 191 Å². The molecule has 0 aliphatic heterocycles. The van der Waals surface area contributed by atoms with E-state index < -0.39 is 6.10 Å². The molecule has 0 heterocycles. The van der Waals surface area contributed by atoms with Crippen molar-refractivity contribution in [2.75, 3.05) is 13.2 Å². The van der Waals surface area contributed by atoms with Crippen molar-refractivity contribution < 1.29 is 28.6 Å². The lowest BCUT2D eigenvalue weighted by Crippen LogP contribution is -2.30. The van der Waals surface area contributed by atoms with Crippen molar-refractivity contribution in [2.45, 2.75) is 284 Å². The number of unbranched alkanes of at least 4 members (excludes halogenated alkanes) is 20. The topological polar surface area (TPSA) is 78.9 Å². The minimum Gasteiger partial charge on any atom is -0.462 e. The Kier molecular flexibility index (Phi) is 64.9. The van der Waals surface area contributed by atoms with E-state index in [0.29, 0.717) is 19.3 Å². The van der Waals surface area contributed by atoms with Crippen LogP contribution in [0.15, 0.2) is 170 Å². The summed E-state index contributed by atoms with van der Waals surface area (Å²) in [6.45, 7) is 6.31. The zero-order chi connectivity index (χ0) is 59.9. The molecule has 0 N–H and O–H groups in total. The smallest absolute Gasteiger partial charge is 0.306 e. The maximum absolute atomic E-state index is 12.8. The normalized spacial score (nSPS) is 13.2. The minimum absolute atomic E-state index is 0.0915. The number of rotatable bonds is 59. The van der Waals surface area contributed by atoms with Crippen LogP contribution in [0, 0.1) is 0 Å². The third-order valence-corrected chi connectivity index (χ3v) is 13.7. The maximum Gasteiger partial charge on any atom is 0.306 e. The molecule has 0 spiro atoms. The van der Waals surface area contributed by atoms with E-state index in [1.165, 1.54) is 57.8 Å². The summed E-state index contributed by atoms with van der Waals surface area (Å²) in [5, 5.41) is 0. The van der Waals surface area contributed by atoms with Crippen LogP contribution in [0.3, 0.4) is 0 Å². The summed E-state index contributed by atoms with van der Waals surface area (Å²) >= 11 is 0. The zero-order valence-electron chi connectivity index (χ0n) is 53.4. The van der Waals surface area contributed by atoms with Crippen molar-refractivity contribution in [1.29, 1.82) is 0 Å². The van der Waals surface area contributed by atoms with Crippen LogP contribution in [0.5, 0.6) is 0 Å². The molecule has 0 fully saturated rings. The predicted octanol–water partition coefficient (Wildman–Crippen LogP) is 23.4. The van der Waals surface area contributed by atoms with Crippen molar-refractivity contribution in [3.63, 3.8) is 0 Å². The second-order valence-electron chi connectivity index (χ2n) is 21.6. The Hall–Kier alpha value is -5.23. The van der Waals surface area contributed by atoms with E-state index >= 15 is 0 Å². The quantitative estimate of drug-likeness (QED) is 0.0261. The predicted molar refractivity (Wildman–Crippen MR) is 361 cm³/mol. The Labute approximate surface area is 511 Å². The summed E-state index contributed by atoms with van der Waals surface area (Å²) in [5.41, 5.74) is 0. The van der Waals surface area contributed by atoms with Gasteiger partial charge in [-0.25, -0.2) is 0 Å². The molecule has 0 aliphatic rings. The number of allylic oxidation sites excluding steroid dienone is 28. The Balaban J connectivity index is 4.10. The van der Waals surface area contributed by atoms with Crippen molar-refractivity contribution >= 4 is 17.9 Å². The van der Waals surface area contributed by atoms with Gasteiger partial charge in [0.25, 0.3) is 0 Å². The molecule has 1 unspecified atom stereocenters. The van der Waals surface area contributed by atoms with Crippen LogP contribution in [0.4, 0.5) is 0 Å². The van der Waals surface area contributed by atoms with E-state index in [1.807, 2.05) is 0 Å². The Morgan fingerprint density at radius 3 is 0.735 bits per heavy atom. The maximum atomic E-state index is 12.8. The largest absolute Gasteiger partial charge is 0.462 e. The fraction of sp³-hybridized carbons (Fsp3) is 0.597. The van der Waals surface area contributed by atoms with Crippen molar-refractivity contribution in [3.8, 4) is 0 Å². The van der Waals surface area contributed by atoms with Gasteiger partial charge >= 0.3 is 17.9 Å². The van der Waals surface area contributed by atoms with E-state index in [4.69, 9.17) is 14.2 Å². The summed E-state index contributed by atoms with van der Waals surface area (Å²) < 4.78 is 16.8. The average Bonchev–Trinajstić information content (AvgIpc) is 3.49. The molecular weight excluding hydrogens is 1020 g/mol. The molecule has 83 heavy (non-hydrogen) atoms. The third kappa shape index (κ3) is 67.4. The minimum atomic E-state index is -0.793. The van der Waals surface area contributed by atoms with Gasteiger partial charge in [0.15, 0.2) is 6.10 Å². The second kappa shape index (κ2) is 69.3. The van der Waals surface area contributed by atoms with Gasteiger partial charge in [0.05, 0.1) is 0 Å². The van der Waals surface area contributed by atoms with Gasteiger partial charge in [-0.3, -0.25) is 14.4 Å². The van der Waals surface area contributed by atoms with Gasteiger partial charge in [-0.1, -0.05) is 294 Å². The standard InChI is InChI=1S/C77H122O6/c1-4-7-10-13-15-17-19-21-23-25-27-29-31-33-34-35-36-37-38-39-40-41-42-44-45-47-49-51-53-55-57-59-61-64-67-70-76(79)82-73-74(72-81-75(78)69-66-63-12-9-6-3)83-77(80)71-68-65-62-60-58-56-54-52-50-48-46-43-32-30-28-26-24-22-20-18-16-14-11-8-5-2/h7-8,10-11,15-18,21-24,27-30,33-34,36-37,39-40,42-44,46,50,52,74H,4-6,9,12-14,19-20,25-26,31-32,35,38,41,45,47-49,51,53-73H2,1-3H3/b10-7-,11-8-,17-15-,18-16-,23-21-,24-22-,29-27-,30-28-,34-33-,37-36-,40-39-,44-42-,46-43-,52-50-. The van der Waals surface area contributed by atoms with Crippen molar-refractivity contribution in [3.05, 3.63) is 170 Å². The SMILES string of the molecule is CC/C=C\C/C=C\C/C=C\C/C=C\C/C=C\C/C=C\C/C=C\C/C=C\CCCCCCCCCCCCC(=O)OCC(COC(=O)CCCCCCC)OC(=O)CCCCCCCC/C=C\C/C=C\C/C=C\C/C=C\C/C=C\C/C=C\CC. The number of carbonyl (C=O) groups is 3. The second-order valence-corrected chi connectivity index (χ2v) is 21.6. The lowest BCUT2D eigenvalue weighted by molar-refractivity contribution is -0.167. The summed E-state index contributed by atoms with van der Waals surface area (Å²) in [6.07, 6.45) is 103. The van der Waals surface area contributed by atoms with Gasteiger partial charge in [0, 0.05) is 19.3 Å². The highest BCUT2D eigenvalue weighted by Gasteiger charge is 2.19. The Morgan fingerprint density at radius 1 is 0.253 bits per heavy atom. The van der Waals surface area contributed by atoms with Crippen LogP contribution < -0.4 is 0 Å². The number of hydrogen-bond acceptors (Lipinski definition) is 6. The monoisotopic (exact) mass is 1140 g/mol. The number of carbonyl (C=O) groups excluding carboxylic acids is 3. The highest BCUT2D eigenvalue weighted by atomic mass is 16.6. The van der Waals surface area contributed by atoms with Gasteiger partial charge in [-0.05, 0) is 135 Å². The van der Waals surface area contributed by atoms with Gasteiger partial charge in [0.1, 0.15) is 13.2 Å². The lowest BCUT2D eigenvalue weighted by Gasteiger charge is -2.18. The average molecular weight is 1140 g/mol. The van der Waals surface area contributed by atoms with Crippen molar-refractivity contribution in [2.24, 2.45) is 0 Å². The molecule has 0 aromatic carbocycles. The summed E-state index contributed by atoms with van der Waals surface area (Å²) in [6, 6.07) is 0. The first-order valence-corrected chi connectivity index (χ1v) is 33.6. The molecule has 466 valence electrons. The van der Waals surface area contributed by atoms with Crippen LogP contribution in [0.1, 0.15) is 278 Å². The number of ether oxygens (including phenoxy) is 3. The first kappa shape index (κ1) is 77.8. The molecule has 0 bridgehead atoms. The van der Waals surface area contributed by atoms with Crippen LogP contribution >= 0.6 is 0 Å². The molecule has 0 saturated heterocycles. The highest BCUT2D eigenvalue weighted by molar-refractivity contribution is 5.71. The van der Waals surface area contributed by atoms with Gasteiger partial charge < -0.3 is 14.2 Å². The van der Waals surface area contributed by atoms with Crippen LogP contribution in [0.2, 0.25) is 0 Å². The van der Waals surface area contributed by atoms with Crippen molar-refractivity contribution in [1.82, 2.24) is 0 Å². The molecule has 0 amide bonds. The van der Waals surface area contributed by atoms with Gasteiger partial charge in [-0.15, -0.1) is 0 Å². The lowest BCUT2D eigenvalue weighted by atomic mass is 10.1. The van der Waals surface area contributed by atoms with Gasteiger partial charge in [-0.2, -0.15) is 0 Å². The summed E-state index contributed by atoms with van der Waals surface area (Å²) in [5.74, 6) is -0.928. The molecular formula is C77H122O6. The third-order valence-electron chi connectivity index (χ3n) is 13.7. The van der Waals surface area contributed by atoms with E-state index in [1.54, 1.807) is 0 Å². The summed E-state index contributed by atoms with van der Waals surface area (Å²) in [7, 11) is 0. The molecule has 0 aromatic rings. The fourth-order valence-electron chi connectivity index (χ4n) is 8.76. The molecule has 6 nitrogen and oxygen atoms in total. The van der Waals surface area contributed by atoms with E-state index in [-0.39, 0.29) is 31.1 Å². The molecule has 0 radical (unpaired) electrons. The van der Waals surface area contributed by atoms with Crippen LogP contribution in [-0.4, -0.2) is 37.2 Å².